The van der Waals surface area contributed by atoms with Gasteiger partial charge in [-0.2, -0.15) is 0 Å². The summed E-state index contributed by atoms with van der Waals surface area (Å²) in [6.45, 7) is 0. The van der Waals surface area contributed by atoms with Crippen molar-refractivity contribution in [3.63, 3.8) is 0 Å². The lowest BCUT2D eigenvalue weighted by Crippen LogP contribution is -2.01. The molecular weight excluding hydrogens is 550 g/mol. The number of benzene rings is 7. The highest BCUT2D eigenvalue weighted by Gasteiger charge is 2.19. The Balaban J connectivity index is 1.31. The molecule has 0 atom stereocenters. The van der Waals surface area contributed by atoms with E-state index >= 15 is 0 Å². The Labute approximate surface area is 259 Å². The SMILES string of the molecule is c1ccc(-c2nc(-c3ccc4oc5ccccc5c4c3)nc(-c3ccc4ccccc4c3-c3ccc4ccccc4c3)n2)cc1. The smallest absolute Gasteiger partial charge is 0.164 e. The monoisotopic (exact) mass is 575 g/mol. The molecule has 45 heavy (non-hydrogen) atoms. The van der Waals surface area contributed by atoms with E-state index in [-0.39, 0.29) is 0 Å². The van der Waals surface area contributed by atoms with Crippen molar-refractivity contribution in [1.82, 2.24) is 15.0 Å². The first-order valence-corrected chi connectivity index (χ1v) is 15.0. The molecule has 2 heterocycles. The van der Waals surface area contributed by atoms with E-state index in [2.05, 4.69) is 91.0 Å². The lowest BCUT2D eigenvalue weighted by Gasteiger charge is -2.15. The summed E-state index contributed by atoms with van der Waals surface area (Å²) in [7, 11) is 0. The van der Waals surface area contributed by atoms with E-state index in [9.17, 15) is 0 Å². The van der Waals surface area contributed by atoms with Gasteiger partial charge in [0.25, 0.3) is 0 Å². The van der Waals surface area contributed by atoms with E-state index in [4.69, 9.17) is 19.4 Å². The molecule has 0 fully saturated rings. The van der Waals surface area contributed by atoms with Crippen LogP contribution in [0.25, 0.3) is 88.8 Å². The van der Waals surface area contributed by atoms with Gasteiger partial charge >= 0.3 is 0 Å². The minimum atomic E-state index is 0.614. The average Bonchev–Trinajstić information content (AvgIpc) is 3.49. The Hall–Kier alpha value is -6.13. The summed E-state index contributed by atoms with van der Waals surface area (Å²) in [6, 6.07) is 52.3. The topological polar surface area (TPSA) is 51.8 Å². The van der Waals surface area contributed by atoms with Crippen molar-refractivity contribution < 1.29 is 4.42 Å². The van der Waals surface area contributed by atoms with Crippen LogP contribution in [0.5, 0.6) is 0 Å². The average molecular weight is 576 g/mol. The van der Waals surface area contributed by atoms with Gasteiger partial charge in [0, 0.05) is 33.0 Å². The number of aromatic nitrogens is 3. The van der Waals surface area contributed by atoms with Crippen molar-refractivity contribution in [3.8, 4) is 45.3 Å². The number of para-hydroxylation sites is 1. The van der Waals surface area contributed by atoms with Crippen LogP contribution in [0.2, 0.25) is 0 Å². The molecule has 0 N–H and O–H groups in total. The van der Waals surface area contributed by atoms with Crippen LogP contribution in [0.15, 0.2) is 156 Å². The van der Waals surface area contributed by atoms with Crippen LogP contribution in [0.1, 0.15) is 0 Å². The number of hydrogen-bond donors (Lipinski definition) is 0. The minimum Gasteiger partial charge on any atom is -0.456 e. The van der Waals surface area contributed by atoms with Crippen molar-refractivity contribution in [2.75, 3.05) is 0 Å². The summed E-state index contributed by atoms with van der Waals surface area (Å²) >= 11 is 0. The van der Waals surface area contributed by atoms with Gasteiger partial charge in [-0.3, -0.25) is 0 Å². The van der Waals surface area contributed by atoms with Gasteiger partial charge in [0.2, 0.25) is 0 Å². The van der Waals surface area contributed by atoms with E-state index < -0.39 is 0 Å². The number of rotatable bonds is 4. The van der Waals surface area contributed by atoms with Crippen LogP contribution in [0.3, 0.4) is 0 Å². The highest BCUT2D eigenvalue weighted by molar-refractivity contribution is 6.07. The molecule has 0 saturated carbocycles. The van der Waals surface area contributed by atoms with Crippen LogP contribution in [-0.4, -0.2) is 15.0 Å². The van der Waals surface area contributed by atoms with Crippen LogP contribution < -0.4 is 0 Å². The van der Waals surface area contributed by atoms with Gasteiger partial charge in [-0.05, 0) is 63.5 Å². The first kappa shape index (κ1) is 25.4. The quantitative estimate of drug-likeness (QED) is 0.209. The lowest BCUT2D eigenvalue weighted by atomic mass is 9.91. The Bertz CT molecular complexity index is 2550. The summed E-state index contributed by atoms with van der Waals surface area (Å²) in [5.41, 5.74) is 6.72. The fourth-order valence-corrected chi connectivity index (χ4v) is 6.32. The first-order valence-electron chi connectivity index (χ1n) is 15.0. The van der Waals surface area contributed by atoms with E-state index in [1.54, 1.807) is 0 Å². The van der Waals surface area contributed by atoms with E-state index in [0.29, 0.717) is 17.5 Å². The molecule has 0 unspecified atom stereocenters. The molecule has 7 aromatic carbocycles. The second-order valence-corrected chi connectivity index (χ2v) is 11.3. The van der Waals surface area contributed by atoms with Crippen molar-refractivity contribution in [1.29, 1.82) is 0 Å². The second-order valence-electron chi connectivity index (χ2n) is 11.3. The Kier molecular flexibility index (Phi) is 5.78. The molecule has 0 spiro atoms. The van der Waals surface area contributed by atoms with Crippen LogP contribution in [-0.2, 0) is 0 Å². The third kappa shape index (κ3) is 4.35. The maximum atomic E-state index is 6.11. The molecule has 0 saturated heterocycles. The predicted octanol–water partition coefficient (Wildman–Crippen LogP) is 10.7. The summed E-state index contributed by atoms with van der Waals surface area (Å²) in [5.74, 6) is 1.87. The van der Waals surface area contributed by atoms with Gasteiger partial charge in [-0.25, -0.2) is 15.0 Å². The van der Waals surface area contributed by atoms with E-state index in [1.165, 1.54) is 16.2 Å². The summed E-state index contributed by atoms with van der Waals surface area (Å²) < 4.78 is 6.11. The second kappa shape index (κ2) is 10.2. The molecule has 0 aliphatic carbocycles. The molecule has 0 aliphatic heterocycles. The molecule has 0 amide bonds. The zero-order valence-corrected chi connectivity index (χ0v) is 24.2. The third-order valence-corrected chi connectivity index (χ3v) is 8.51. The maximum absolute atomic E-state index is 6.11. The van der Waals surface area contributed by atoms with Gasteiger partial charge in [0.1, 0.15) is 11.2 Å². The van der Waals surface area contributed by atoms with Gasteiger partial charge < -0.3 is 4.42 Å². The lowest BCUT2D eigenvalue weighted by molar-refractivity contribution is 0.669. The van der Waals surface area contributed by atoms with Crippen molar-refractivity contribution in [2.24, 2.45) is 0 Å². The van der Waals surface area contributed by atoms with Crippen LogP contribution in [0.4, 0.5) is 0 Å². The van der Waals surface area contributed by atoms with E-state index in [0.717, 1.165) is 55.1 Å². The van der Waals surface area contributed by atoms with Crippen molar-refractivity contribution in [2.45, 2.75) is 0 Å². The van der Waals surface area contributed by atoms with Crippen LogP contribution in [0, 0.1) is 0 Å². The van der Waals surface area contributed by atoms with Gasteiger partial charge in [-0.1, -0.05) is 115 Å². The zero-order chi connectivity index (χ0) is 29.7. The molecule has 9 rings (SSSR count). The molecule has 4 nitrogen and oxygen atoms in total. The number of fused-ring (bicyclic) bond motifs is 5. The first-order chi connectivity index (χ1) is 22.3. The molecule has 9 aromatic rings. The standard InChI is InChI=1S/C41H25N3O/c1-2-12-28(13-3-1)39-42-40(31-21-23-37-35(25-31)33-16-8-9-17-36(33)45-37)44-41(43-39)34-22-20-27-11-6-7-15-32(27)38(34)30-19-18-26-10-4-5-14-29(26)24-30/h1-25H. The molecular formula is C41H25N3O. The number of nitrogens with zero attached hydrogens (tertiary/aromatic N) is 3. The Morgan fingerprint density at radius 2 is 0.978 bits per heavy atom. The molecule has 0 radical (unpaired) electrons. The number of hydrogen-bond acceptors (Lipinski definition) is 4. The predicted molar refractivity (Wildman–Crippen MR) is 184 cm³/mol. The molecule has 2 aromatic heterocycles. The fourth-order valence-electron chi connectivity index (χ4n) is 6.32. The highest BCUT2D eigenvalue weighted by atomic mass is 16.3. The van der Waals surface area contributed by atoms with Gasteiger partial charge in [0.05, 0.1) is 0 Å². The minimum absolute atomic E-state index is 0.614. The molecule has 4 heteroatoms. The van der Waals surface area contributed by atoms with E-state index in [1.807, 2.05) is 60.7 Å². The Morgan fingerprint density at radius 1 is 0.356 bits per heavy atom. The molecule has 0 aliphatic rings. The Morgan fingerprint density at radius 3 is 1.84 bits per heavy atom. The van der Waals surface area contributed by atoms with Crippen LogP contribution >= 0.6 is 0 Å². The largest absolute Gasteiger partial charge is 0.456 e. The van der Waals surface area contributed by atoms with Crippen molar-refractivity contribution >= 4 is 43.5 Å². The summed E-state index contributed by atoms with van der Waals surface area (Å²) in [5, 5.41) is 6.82. The summed E-state index contributed by atoms with van der Waals surface area (Å²) in [4.78, 5) is 15.3. The zero-order valence-electron chi connectivity index (χ0n) is 24.2. The van der Waals surface area contributed by atoms with Crippen molar-refractivity contribution in [3.05, 3.63) is 152 Å². The fraction of sp³-hybridized carbons (Fsp3) is 0. The third-order valence-electron chi connectivity index (χ3n) is 8.51. The van der Waals surface area contributed by atoms with Gasteiger partial charge in [0.15, 0.2) is 17.5 Å². The molecule has 210 valence electrons. The summed E-state index contributed by atoms with van der Waals surface area (Å²) in [6.07, 6.45) is 0. The molecule has 0 bridgehead atoms. The number of furan rings is 1. The van der Waals surface area contributed by atoms with Gasteiger partial charge in [-0.15, -0.1) is 0 Å². The highest BCUT2D eigenvalue weighted by Crippen LogP contribution is 2.39. The maximum Gasteiger partial charge on any atom is 0.164 e. The normalized spacial score (nSPS) is 11.6.